The van der Waals surface area contributed by atoms with E-state index in [-0.39, 0.29) is 11.4 Å². The Morgan fingerprint density at radius 3 is 2.75 bits per heavy atom. The van der Waals surface area contributed by atoms with Gasteiger partial charge in [-0.1, -0.05) is 0 Å². The number of nitrogens with one attached hydrogen (secondary N) is 1. The van der Waals surface area contributed by atoms with Gasteiger partial charge in [0.05, 0.1) is 12.4 Å². The number of aryl methyl sites for hydroxylation is 2. The lowest BCUT2D eigenvalue weighted by Crippen LogP contribution is -2.22. The van der Waals surface area contributed by atoms with Crippen molar-refractivity contribution in [1.82, 2.24) is 24.3 Å². The van der Waals surface area contributed by atoms with Crippen LogP contribution in [0.5, 0.6) is 0 Å². The van der Waals surface area contributed by atoms with Crippen LogP contribution in [-0.4, -0.2) is 34.5 Å². The number of nitrogens with zero attached hydrogens (tertiary/aromatic N) is 4. The zero-order chi connectivity index (χ0) is 14.6. The summed E-state index contributed by atoms with van der Waals surface area (Å²) in [5, 5.41) is 7.99. The van der Waals surface area contributed by atoms with Gasteiger partial charge in [-0.2, -0.15) is 10.2 Å². The zero-order valence-electron chi connectivity index (χ0n) is 11.2. The predicted octanol–water partition coefficient (Wildman–Crippen LogP) is -0.556. The van der Waals surface area contributed by atoms with Crippen LogP contribution in [0.4, 0.5) is 0 Å². The first-order valence-corrected chi connectivity index (χ1v) is 7.69. The van der Waals surface area contributed by atoms with E-state index in [0.29, 0.717) is 13.1 Å². The van der Waals surface area contributed by atoms with E-state index in [9.17, 15) is 8.42 Å². The standard InChI is InChI=1S/C11H18N6O2S/c1-16-8-10(5-13-16)6-15-20(18,19)11-7-14-17(9-11)4-2-3-12/h5,7-9,15H,2-4,6,12H2,1H3. The molecule has 2 aromatic rings. The molecule has 2 heterocycles. The fourth-order valence-corrected chi connectivity index (χ4v) is 2.65. The molecule has 0 saturated heterocycles. The Morgan fingerprint density at radius 2 is 2.10 bits per heavy atom. The Kier molecular flexibility index (Phi) is 4.53. The molecule has 0 aromatic carbocycles. The lowest BCUT2D eigenvalue weighted by atomic mass is 10.4. The van der Waals surface area contributed by atoms with Crippen LogP contribution >= 0.6 is 0 Å². The Balaban J connectivity index is 2.00. The maximum atomic E-state index is 12.1. The van der Waals surface area contributed by atoms with Crippen molar-refractivity contribution in [2.45, 2.75) is 24.4 Å². The molecule has 2 aromatic heterocycles. The van der Waals surface area contributed by atoms with Crippen LogP contribution in [0.15, 0.2) is 29.7 Å². The number of hydrogen-bond donors (Lipinski definition) is 2. The van der Waals surface area contributed by atoms with Gasteiger partial charge in [-0.15, -0.1) is 0 Å². The van der Waals surface area contributed by atoms with E-state index >= 15 is 0 Å². The van der Waals surface area contributed by atoms with Gasteiger partial charge in [0.15, 0.2) is 0 Å². The van der Waals surface area contributed by atoms with Gasteiger partial charge in [0.1, 0.15) is 4.90 Å². The maximum Gasteiger partial charge on any atom is 0.243 e. The van der Waals surface area contributed by atoms with Crippen LogP contribution < -0.4 is 10.5 Å². The largest absolute Gasteiger partial charge is 0.330 e. The molecule has 0 aliphatic rings. The molecule has 0 aliphatic heterocycles. The number of hydrogen-bond acceptors (Lipinski definition) is 5. The second-order valence-electron chi connectivity index (χ2n) is 4.43. The second kappa shape index (κ2) is 6.16. The molecule has 0 amide bonds. The first-order chi connectivity index (χ1) is 9.51. The quantitative estimate of drug-likeness (QED) is 0.712. The van der Waals surface area contributed by atoms with Crippen LogP contribution in [0, 0.1) is 0 Å². The molecule has 0 saturated carbocycles. The summed E-state index contributed by atoms with van der Waals surface area (Å²) in [5.41, 5.74) is 6.20. The third-order valence-electron chi connectivity index (χ3n) is 2.74. The molecule has 0 bridgehead atoms. The Hall–Kier alpha value is -1.71. The lowest BCUT2D eigenvalue weighted by Gasteiger charge is -2.02. The topological polar surface area (TPSA) is 108 Å². The third kappa shape index (κ3) is 3.65. The molecule has 2 rings (SSSR count). The summed E-state index contributed by atoms with van der Waals surface area (Å²) in [6.45, 7) is 1.35. The summed E-state index contributed by atoms with van der Waals surface area (Å²) in [5.74, 6) is 0. The van der Waals surface area contributed by atoms with E-state index in [1.165, 1.54) is 12.4 Å². The Labute approximate surface area is 117 Å². The van der Waals surface area contributed by atoms with E-state index in [2.05, 4.69) is 14.9 Å². The molecule has 0 atom stereocenters. The molecule has 3 N–H and O–H groups in total. The van der Waals surface area contributed by atoms with Gasteiger partial charge < -0.3 is 5.73 Å². The number of sulfonamides is 1. The SMILES string of the molecule is Cn1cc(CNS(=O)(=O)c2cnn(CCCN)c2)cn1. The van der Waals surface area contributed by atoms with Crippen LogP contribution in [0.1, 0.15) is 12.0 Å². The molecule has 8 nitrogen and oxygen atoms in total. The first kappa shape index (κ1) is 14.7. The van der Waals surface area contributed by atoms with Crippen molar-refractivity contribution in [3.63, 3.8) is 0 Å². The second-order valence-corrected chi connectivity index (χ2v) is 6.20. The number of aromatic nitrogens is 4. The van der Waals surface area contributed by atoms with Gasteiger partial charge in [0, 0.05) is 38.1 Å². The number of nitrogens with two attached hydrogens (primary N) is 1. The van der Waals surface area contributed by atoms with Crippen molar-refractivity contribution < 1.29 is 8.42 Å². The van der Waals surface area contributed by atoms with Gasteiger partial charge in [0.25, 0.3) is 0 Å². The Morgan fingerprint density at radius 1 is 1.30 bits per heavy atom. The predicted molar refractivity (Wildman–Crippen MR) is 73.1 cm³/mol. The average molecular weight is 298 g/mol. The smallest absolute Gasteiger partial charge is 0.243 e. The van der Waals surface area contributed by atoms with Crippen LogP contribution in [0.2, 0.25) is 0 Å². The van der Waals surface area contributed by atoms with Gasteiger partial charge in [0.2, 0.25) is 10.0 Å². The minimum atomic E-state index is -3.56. The third-order valence-corrected chi connectivity index (χ3v) is 4.09. The highest BCUT2D eigenvalue weighted by Gasteiger charge is 2.16. The van der Waals surface area contributed by atoms with Crippen LogP contribution in [0.25, 0.3) is 0 Å². The summed E-state index contributed by atoms with van der Waals surface area (Å²) in [6.07, 6.45) is 6.97. The van der Waals surface area contributed by atoms with Crippen molar-refractivity contribution in [3.8, 4) is 0 Å². The zero-order valence-corrected chi connectivity index (χ0v) is 12.0. The average Bonchev–Trinajstić information content (AvgIpc) is 3.03. The molecule has 0 spiro atoms. The molecular weight excluding hydrogens is 280 g/mol. The fourth-order valence-electron chi connectivity index (χ4n) is 1.68. The monoisotopic (exact) mass is 298 g/mol. The van der Waals surface area contributed by atoms with Crippen molar-refractivity contribution in [1.29, 1.82) is 0 Å². The van der Waals surface area contributed by atoms with Crippen molar-refractivity contribution >= 4 is 10.0 Å². The molecule has 0 unspecified atom stereocenters. The Bertz CT molecular complexity index is 660. The molecule has 0 fully saturated rings. The van der Waals surface area contributed by atoms with Crippen LogP contribution in [0.3, 0.4) is 0 Å². The minimum Gasteiger partial charge on any atom is -0.330 e. The van der Waals surface area contributed by atoms with E-state index in [4.69, 9.17) is 5.73 Å². The van der Waals surface area contributed by atoms with Crippen LogP contribution in [-0.2, 0) is 30.2 Å². The normalized spacial score (nSPS) is 11.9. The highest BCUT2D eigenvalue weighted by Crippen LogP contribution is 2.08. The van der Waals surface area contributed by atoms with Crippen molar-refractivity contribution in [2.24, 2.45) is 12.8 Å². The minimum absolute atomic E-state index is 0.151. The van der Waals surface area contributed by atoms with E-state index in [1.54, 1.807) is 28.8 Å². The van der Waals surface area contributed by atoms with Crippen molar-refractivity contribution in [2.75, 3.05) is 6.54 Å². The van der Waals surface area contributed by atoms with Gasteiger partial charge in [-0.25, -0.2) is 13.1 Å². The molecular formula is C11H18N6O2S. The van der Waals surface area contributed by atoms with Crippen molar-refractivity contribution in [3.05, 3.63) is 30.4 Å². The number of rotatable bonds is 7. The highest BCUT2D eigenvalue weighted by molar-refractivity contribution is 7.89. The van der Waals surface area contributed by atoms with Gasteiger partial charge in [-0.3, -0.25) is 9.36 Å². The summed E-state index contributed by atoms with van der Waals surface area (Å²) in [4.78, 5) is 0.151. The molecule has 20 heavy (non-hydrogen) atoms. The van der Waals surface area contributed by atoms with Gasteiger partial charge >= 0.3 is 0 Å². The summed E-state index contributed by atoms with van der Waals surface area (Å²) in [7, 11) is -1.78. The molecule has 0 aliphatic carbocycles. The molecule has 9 heteroatoms. The molecule has 110 valence electrons. The highest BCUT2D eigenvalue weighted by atomic mass is 32.2. The summed E-state index contributed by atoms with van der Waals surface area (Å²) in [6, 6.07) is 0. The fraction of sp³-hybridized carbons (Fsp3) is 0.455. The maximum absolute atomic E-state index is 12.1. The van der Waals surface area contributed by atoms with E-state index in [1.807, 2.05) is 0 Å². The van der Waals surface area contributed by atoms with Gasteiger partial charge in [-0.05, 0) is 13.0 Å². The summed E-state index contributed by atoms with van der Waals surface area (Å²) < 4.78 is 29.9. The van der Waals surface area contributed by atoms with E-state index < -0.39 is 10.0 Å². The molecule has 0 radical (unpaired) electrons. The summed E-state index contributed by atoms with van der Waals surface area (Å²) >= 11 is 0. The first-order valence-electron chi connectivity index (χ1n) is 6.21. The lowest BCUT2D eigenvalue weighted by molar-refractivity contribution is 0.576. The van der Waals surface area contributed by atoms with E-state index in [0.717, 1.165) is 12.0 Å².